The van der Waals surface area contributed by atoms with E-state index in [1.807, 2.05) is 24.0 Å². The Hall–Kier alpha value is -2.04. The molecule has 1 saturated heterocycles. The van der Waals surface area contributed by atoms with E-state index in [1.165, 1.54) is 31.2 Å². The number of rotatable bonds is 2. The molecule has 31 heavy (non-hydrogen) atoms. The highest BCUT2D eigenvalue weighted by Gasteiger charge is 2.42. The Bertz CT molecular complexity index is 764. The first kappa shape index (κ1) is 22.2. The number of hydrogen-bond donors (Lipinski definition) is 1. The molecule has 1 N–H and O–H groups in total. The van der Waals surface area contributed by atoms with Crippen LogP contribution in [0, 0.1) is 11.3 Å². The van der Waals surface area contributed by atoms with Crippen LogP contribution in [0.5, 0.6) is 5.75 Å². The zero-order valence-corrected chi connectivity index (χ0v) is 19.0. The third-order valence-electron chi connectivity index (χ3n) is 7.68. The topological polar surface area (TPSA) is 58.6 Å². The highest BCUT2D eigenvalue weighted by molar-refractivity contribution is 5.83. The molecule has 2 aliphatic heterocycles. The van der Waals surface area contributed by atoms with Crippen LogP contribution in [-0.4, -0.2) is 42.5 Å². The lowest BCUT2D eigenvalue weighted by molar-refractivity contribution is -0.142. The van der Waals surface area contributed by atoms with Gasteiger partial charge in [0.2, 0.25) is 11.8 Å². The van der Waals surface area contributed by atoms with Crippen LogP contribution in [0.15, 0.2) is 24.3 Å². The van der Waals surface area contributed by atoms with Gasteiger partial charge in [0.1, 0.15) is 12.4 Å². The number of carbonyl (C=O) groups excluding carboxylic acids is 2. The maximum Gasteiger partial charge on any atom is 0.226 e. The number of para-hydroxylation sites is 1. The monoisotopic (exact) mass is 426 g/mol. The molecule has 2 heterocycles. The fraction of sp³-hybridized carbons (Fsp3) is 0.692. The van der Waals surface area contributed by atoms with Gasteiger partial charge in [-0.1, -0.05) is 37.5 Å². The molecular weight excluding hydrogens is 388 g/mol. The summed E-state index contributed by atoms with van der Waals surface area (Å²) < 4.78 is 6.04. The number of nitrogens with one attached hydrogen (secondary N) is 1. The quantitative estimate of drug-likeness (QED) is 0.758. The molecule has 1 atom stereocenters. The molecule has 3 aliphatic rings. The number of fused-ring (bicyclic) bond motifs is 1. The third-order valence-corrected chi connectivity index (χ3v) is 7.68. The summed E-state index contributed by atoms with van der Waals surface area (Å²) in [4.78, 5) is 28.2. The van der Waals surface area contributed by atoms with E-state index < -0.39 is 0 Å². The van der Waals surface area contributed by atoms with Crippen molar-refractivity contribution in [2.75, 3.05) is 19.7 Å². The van der Waals surface area contributed by atoms with E-state index >= 15 is 0 Å². The van der Waals surface area contributed by atoms with Crippen LogP contribution in [0.25, 0.3) is 0 Å². The number of piperidine rings is 1. The van der Waals surface area contributed by atoms with Crippen molar-refractivity contribution in [1.29, 1.82) is 0 Å². The molecule has 0 unspecified atom stereocenters. The van der Waals surface area contributed by atoms with Crippen LogP contribution in [0.1, 0.15) is 76.7 Å². The lowest BCUT2D eigenvalue weighted by Gasteiger charge is -2.41. The average Bonchev–Trinajstić information content (AvgIpc) is 3.28. The fourth-order valence-corrected chi connectivity index (χ4v) is 5.63. The van der Waals surface area contributed by atoms with Crippen molar-refractivity contribution in [3.8, 4) is 5.75 Å². The van der Waals surface area contributed by atoms with E-state index in [0.29, 0.717) is 37.9 Å². The summed E-state index contributed by atoms with van der Waals surface area (Å²) in [5, 5.41) is 3.22. The SMILES string of the molecule is C[C@@H]1COc2ccccc2CCCCC2(CCN(C(=O)CC3CCCC3)CC2)C(=O)N1. The average molecular weight is 427 g/mol. The number of likely N-dealkylation sites (tertiary alicyclic amines) is 1. The zero-order chi connectivity index (χ0) is 21.7. The van der Waals surface area contributed by atoms with Gasteiger partial charge in [-0.3, -0.25) is 9.59 Å². The number of ether oxygens (including phenoxy) is 1. The standard InChI is InChI=1S/C26H38N2O3/c1-20-19-31-23-12-5-4-10-22(23)11-6-7-13-26(25(30)27-20)14-16-28(17-15-26)24(29)18-21-8-2-3-9-21/h4-5,10,12,20-21H,2-3,6-9,11,13-19H2,1H3,(H,27,30)/t20-/m1/s1. The molecule has 0 bridgehead atoms. The molecule has 4 rings (SSSR count). The van der Waals surface area contributed by atoms with E-state index in [0.717, 1.165) is 44.3 Å². The second-order valence-electron chi connectivity index (χ2n) is 10.0. The number of nitrogens with zero attached hydrogens (tertiary/aromatic N) is 1. The van der Waals surface area contributed by atoms with Crippen LogP contribution in [0.3, 0.4) is 0 Å². The summed E-state index contributed by atoms with van der Waals surface area (Å²) in [6.07, 6.45) is 11.2. The lowest BCUT2D eigenvalue weighted by Crippen LogP contribution is -2.52. The molecule has 0 aromatic heterocycles. The molecule has 1 aromatic rings. The molecule has 1 aliphatic carbocycles. The maximum absolute atomic E-state index is 13.3. The highest BCUT2D eigenvalue weighted by Crippen LogP contribution is 2.38. The van der Waals surface area contributed by atoms with Gasteiger partial charge in [0.05, 0.1) is 11.5 Å². The van der Waals surface area contributed by atoms with Crippen LogP contribution < -0.4 is 10.1 Å². The number of hydrogen-bond acceptors (Lipinski definition) is 3. The van der Waals surface area contributed by atoms with Crippen LogP contribution in [0.2, 0.25) is 0 Å². The second-order valence-corrected chi connectivity index (χ2v) is 10.0. The zero-order valence-electron chi connectivity index (χ0n) is 19.0. The Morgan fingerprint density at radius 3 is 2.61 bits per heavy atom. The van der Waals surface area contributed by atoms with Crippen LogP contribution in [0.4, 0.5) is 0 Å². The molecule has 5 heteroatoms. The predicted octanol–water partition coefficient (Wildman–Crippen LogP) is 4.49. The van der Waals surface area contributed by atoms with Gasteiger partial charge in [0.15, 0.2) is 0 Å². The van der Waals surface area contributed by atoms with Gasteiger partial charge in [-0.25, -0.2) is 0 Å². The molecule has 170 valence electrons. The number of carbonyl (C=O) groups is 2. The molecule has 2 amide bonds. The van der Waals surface area contributed by atoms with Crippen molar-refractivity contribution in [2.24, 2.45) is 11.3 Å². The van der Waals surface area contributed by atoms with Gasteiger partial charge < -0.3 is 15.0 Å². The second kappa shape index (κ2) is 10.1. The van der Waals surface area contributed by atoms with Gasteiger partial charge in [-0.15, -0.1) is 0 Å². The highest BCUT2D eigenvalue weighted by atomic mass is 16.5. The van der Waals surface area contributed by atoms with Crippen molar-refractivity contribution < 1.29 is 14.3 Å². The van der Waals surface area contributed by atoms with Crippen LogP contribution in [-0.2, 0) is 16.0 Å². The summed E-state index contributed by atoms with van der Waals surface area (Å²) in [5.41, 5.74) is 0.903. The van der Waals surface area contributed by atoms with E-state index in [2.05, 4.69) is 17.4 Å². The minimum atomic E-state index is -0.350. The van der Waals surface area contributed by atoms with Gasteiger partial charge in [-0.05, 0) is 69.4 Å². The van der Waals surface area contributed by atoms with Gasteiger partial charge in [-0.2, -0.15) is 0 Å². The molecule has 0 radical (unpaired) electrons. The van der Waals surface area contributed by atoms with Gasteiger partial charge >= 0.3 is 0 Å². The molecule has 5 nitrogen and oxygen atoms in total. The largest absolute Gasteiger partial charge is 0.491 e. The Kier molecular flexibility index (Phi) is 7.19. The smallest absolute Gasteiger partial charge is 0.226 e. The Morgan fingerprint density at radius 2 is 1.84 bits per heavy atom. The molecule has 1 saturated carbocycles. The first-order valence-electron chi connectivity index (χ1n) is 12.4. The molecular formula is C26H38N2O3. The Balaban J connectivity index is 1.39. The molecule has 1 aromatic carbocycles. The fourth-order valence-electron chi connectivity index (χ4n) is 5.63. The first-order valence-corrected chi connectivity index (χ1v) is 12.4. The lowest BCUT2D eigenvalue weighted by atomic mass is 9.73. The van der Waals surface area contributed by atoms with E-state index in [9.17, 15) is 9.59 Å². The minimum absolute atomic E-state index is 0.0427. The minimum Gasteiger partial charge on any atom is -0.491 e. The maximum atomic E-state index is 13.3. The summed E-state index contributed by atoms with van der Waals surface area (Å²) >= 11 is 0. The normalized spacial score (nSPS) is 25.1. The van der Waals surface area contributed by atoms with Gasteiger partial charge in [0, 0.05) is 19.5 Å². The summed E-state index contributed by atoms with van der Waals surface area (Å²) in [6, 6.07) is 8.20. The first-order chi connectivity index (χ1) is 15.1. The predicted molar refractivity (Wildman–Crippen MR) is 122 cm³/mol. The van der Waals surface area contributed by atoms with Gasteiger partial charge in [0.25, 0.3) is 0 Å². The third kappa shape index (κ3) is 5.42. The van der Waals surface area contributed by atoms with Crippen molar-refractivity contribution >= 4 is 11.8 Å². The van der Waals surface area contributed by atoms with Crippen molar-refractivity contribution in [2.45, 2.75) is 83.6 Å². The van der Waals surface area contributed by atoms with E-state index in [-0.39, 0.29) is 17.4 Å². The van der Waals surface area contributed by atoms with Crippen molar-refractivity contribution in [3.63, 3.8) is 0 Å². The summed E-state index contributed by atoms with van der Waals surface area (Å²) in [7, 11) is 0. The number of benzene rings is 1. The number of amides is 2. The van der Waals surface area contributed by atoms with E-state index in [4.69, 9.17) is 4.74 Å². The molecule has 1 spiro atoms. The van der Waals surface area contributed by atoms with Crippen LogP contribution >= 0.6 is 0 Å². The summed E-state index contributed by atoms with van der Waals surface area (Å²) in [6.45, 7) is 3.92. The van der Waals surface area contributed by atoms with Crippen molar-refractivity contribution in [3.05, 3.63) is 29.8 Å². The van der Waals surface area contributed by atoms with Crippen molar-refractivity contribution in [1.82, 2.24) is 10.2 Å². The molecule has 2 fully saturated rings. The Labute approximate surface area is 186 Å². The number of aryl methyl sites for hydroxylation is 1. The van der Waals surface area contributed by atoms with E-state index in [1.54, 1.807) is 0 Å². The summed E-state index contributed by atoms with van der Waals surface area (Å²) in [5.74, 6) is 1.97. The Morgan fingerprint density at radius 1 is 1.10 bits per heavy atom.